The number of benzene rings is 1. The fourth-order valence-electron chi connectivity index (χ4n) is 1.81. The van der Waals surface area contributed by atoms with Gasteiger partial charge in [-0.05, 0) is 17.3 Å². The number of halogens is 3. The van der Waals surface area contributed by atoms with Crippen LogP contribution in [0.25, 0.3) is 0 Å². The molecule has 1 N–H and O–H groups in total. The van der Waals surface area contributed by atoms with Crippen molar-refractivity contribution in [2.24, 2.45) is 0 Å². The van der Waals surface area contributed by atoms with Crippen LogP contribution in [0.3, 0.4) is 0 Å². The highest BCUT2D eigenvalue weighted by Gasteiger charge is 2.29. The van der Waals surface area contributed by atoms with E-state index in [4.69, 9.17) is 5.41 Å². The molecule has 0 saturated carbocycles. The van der Waals surface area contributed by atoms with Crippen LogP contribution in [0, 0.1) is 5.41 Å². The molecular weight excluding hydrogens is 249 g/mol. The van der Waals surface area contributed by atoms with Gasteiger partial charge in [-0.3, -0.25) is 5.41 Å². The van der Waals surface area contributed by atoms with Gasteiger partial charge in [-0.2, -0.15) is 13.2 Å². The normalized spacial score (nSPS) is 15.2. The van der Waals surface area contributed by atoms with Crippen LogP contribution in [-0.2, 0) is 6.54 Å². The molecule has 1 heterocycles. The first-order valence-corrected chi connectivity index (χ1v) is 6.08. The average Bonchev–Trinajstić information content (AvgIpc) is 2.55. The number of hydrogen-bond donors (Lipinski definition) is 1. The van der Waals surface area contributed by atoms with Gasteiger partial charge in [0.05, 0.1) is 0 Å². The molecule has 0 radical (unpaired) electrons. The zero-order valence-electron chi connectivity index (χ0n) is 8.92. The van der Waals surface area contributed by atoms with Crippen molar-refractivity contribution in [1.82, 2.24) is 4.90 Å². The molecule has 0 fully saturated rings. The van der Waals surface area contributed by atoms with E-state index in [9.17, 15) is 13.2 Å². The summed E-state index contributed by atoms with van der Waals surface area (Å²) in [6.45, 7) is 0.783. The zero-order chi connectivity index (χ0) is 12.5. The van der Waals surface area contributed by atoms with Crippen LogP contribution in [0.4, 0.5) is 13.2 Å². The highest BCUT2D eigenvalue weighted by Crippen LogP contribution is 2.30. The van der Waals surface area contributed by atoms with Crippen LogP contribution in [0.5, 0.6) is 0 Å². The van der Waals surface area contributed by atoms with E-state index in [-0.39, 0.29) is 24.1 Å². The topological polar surface area (TPSA) is 27.1 Å². The minimum Gasteiger partial charge on any atom is -0.351 e. The van der Waals surface area contributed by atoms with Gasteiger partial charge in [0.25, 0.3) is 0 Å². The molecule has 2 rings (SSSR count). The maximum atomic E-state index is 12.0. The van der Waals surface area contributed by atoms with E-state index >= 15 is 0 Å². The molecule has 6 heteroatoms. The number of alkyl halides is 3. The largest absolute Gasteiger partial charge is 0.441 e. The van der Waals surface area contributed by atoms with Crippen LogP contribution >= 0.6 is 11.8 Å². The van der Waals surface area contributed by atoms with Crippen molar-refractivity contribution in [3.63, 3.8) is 0 Å². The van der Waals surface area contributed by atoms with Gasteiger partial charge in [0.2, 0.25) is 0 Å². The van der Waals surface area contributed by atoms with Crippen LogP contribution in [0.1, 0.15) is 11.1 Å². The molecule has 0 bridgehead atoms. The Bertz CT molecular complexity index is 431. The summed E-state index contributed by atoms with van der Waals surface area (Å²) in [5.74, 6) is 0.281. The molecule has 0 amide bonds. The monoisotopic (exact) mass is 260 g/mol. The van der Waals surface area contributed by atoms with Crippen molar-refractivity contribution < 1.29 is 13.2 Å². The second kappa shape index (κ2) is 4.60. The summed E-state index contributed by atoms with van der Waals surface area (Å²) in [5, 5.41) is 7.86. The van der Waals surface area contributed by atoms with Gasteiger partial charge < -0.3 is 4.90 Å². The fourth-order valence-corrected chi connectivity index (χ4v) is 2.35. The van der Waals surface area contributed by atoms with E-state index in [0.717, 1.165) is 11.1 Å². The van der Waals surface area contributed by atoms with Crippen molar-refractivity contribution >= 4 is 17.6 Å². The predicted molar refractivity (Wildman–Crippen MR) is 62.2 cm³/mol. The Hall–Kier alpha value is -1.17. The van der Waals surface area contributed by atoms with E-state index < -0.39 is 5.51 Å². The molecule has 0 aliphatic carbocycles. The number of nitrogens with zero attached hydrogens (tertiary/aromatic N) is 1. The van der Waals surface area contributed by atoms with Gasteiger partial charge in [0.15, 0.2) is 0 Å². The molecule has 0 aromatic heterocycles. The van der Waals surface area contributed by atoms with Crippen molar-refractivity contribution in [1.29, 1.82) is 5.41 Å². The minimum atomic E-state index is -4.19. The van der Waals surface area contributed by atoms with Gasteiger partial charge in [-0.25, -0.2) is 0 Å². The summed E-state index contributed by atoms with van der Waals surface area (Å²) in [6.07, 6.45) is 0. The van der Waals surface area contributed by atoms with Crippen molar-refractivity contribution in [3.05, 3.63) is 35.4 Å². The van der Waals surface area contributed by atoms with Crippen LogP contribution in [0.2, 0.25) is 0 Å². The number of fused-ring (bicyclic) bond motifs is 1. The third-order valence-electron chi connectivity index (χ3n) is 2.58. The summed E-state index contributed by atoms with van der Waals surface area (Å²) < 4.78 is 35.9. The second-order valence-electron chi connectivity index (χ2n) is 3.72. The Morgan fingerprint density at radius 3 is 2.65 bits per heavy atom. The third-order valence-corrected chi connectivity index (χ3v) is 3.29. The lowest BCUT2D eigenvalue weighted by molar-refractivity contribution is -0.0328. The molecule has 1 aliphatic heterocycles. The molecule has 17 heavy (non-hydrogen) atoms. The van der Waals surface area contributed by atoms with E-state index in [0.29, 0.717) is 12.4 Å². The van der Waals surface area contributed by atoms with E-state index in [2.05, 4.69) is 0 Å². The molecule has 1 aliphatic rings. The molecule has 1 aromatic carbocycles. The van der Waals surface area contributed by atoms with Crippen molar-refractivity contribution in [3.8, 4) is 0 Å². The Kier molecular flexibility index (Phi) is 3.33. The van der Waals surface area contributed by atoms with Gasteiger partial charge in [-0.1, -0.05) is 24.3 Å². The number of hydrogen-bond acceptors (Lipinski definition) is 2. The maximum Gasteiger partial charge on any atom is 0.441 e. The summed E-state index contributed by atoms with van der Waals surface area (Å²) in [5.41, 5.74) is -2.35. The Morgan fingerprint density at radius 1 is 1.29 bits per heavy atom. The number of rotatable bonds is 3. The van der Waals surface area contributed by atoms with Crippen molar-refractivity contribution in [2.45, 2.75) is 12.1 Å². The highest BCUT2D eigenvalue weighted by atomic mass is 32.2. The number of thioether (sulfide) groups is 1. The summed E-state index contributed by atoms with van der Waals surface area (Å²) in [7, 11) is 0. The van der Waals surface area contributed by atoms with Gasteiger partial charge in [0, 0.05) is 24.4 Å². The van der Waals surface area contributed by atoms with E-state index in [1.54, 1.807) is 4.90 Å². The molecule has 1 aromatic rings. The zero-order valence-corrected chi connectivity index (χ0v) is 9.74. The number of nitrogens with one attached hydrogen (secondary N) is 1. The van der Waals surface area contributed by atoms with E-state index in [1.165, 1.54) is 0 Å². The summed E-state index contributed by atoms with van der Waals surface area (Å²) in [6, 6.07) is 7.44. The number of amidine groups is 1. The third kappa shape index (κ3) is 2.94. The SMILES string of the molecule is N=C1c2ccccc2CN1CCSC(F)(F)F. The smallest absolute Gasteiger partial charge is 0.351 e. The van der Waals surface area contributed by atoms with E-state index in [1.807, 2.05) is 24.3 Å². The highest BCUT2D eigenvalue weighted by molar-refractivity contribution is 8.00. The molecular formula is C11H11F3N2S. The lowest BCUT2D eigenvalue weighted by Gasteiger charge is -2.17. The molecule has 92 valence electrons. The first kappa shape index (κ1) is 12.3. The van der Waals surface area contributed by atoms with Crippen LogP contribution in [0.15, 0.2) is 24.3 Å². The first-order valence-electron chi connectivity index (χ1n) is 5.10. The molecule has 0 spiro atoms. The summed E-state index contributed by atoms with van der Waals surface area (Å²) in [4.78, 5) is 1.67. The van der Waals surface area contributed by atoms with Crippen molar-refractivity contribution in [2.75, 3.05) is 12.3 Å². The average molecular weight is 260 g/mol. The maximum absolute atomic E-state index is 12.0. The van der Waals surface area contributed by atoms with Gasteiger partial charge >= 0.3 is 5.51 Å². The Labute approximate surface area is 101 Å². The molecule has 2 nitrogen and oxygen atoms in total. The lowest BCUT2D eigenvalue weighted by atomic mass is 10.1. The molecule has 0 saturated heterocycles. The predicted octanol–water partition coefficient (Wildman–Crippen LogP) is 3.08. The Balaban J connectivity index is 1.92. The first-order chi connectivity index (χ1) is 7.97. The summed E-state index contributed by atoms with van der Waals surface area (Å²) >= 11 is -0.0371. The second-order valence-corrected chi connectivity index (χ2v) is 4.88. The Morgan fingerprint density at radius 2 is 2.00 bits per heavy atom. The lowest BCUT2D eigenvalue weighted by Crippen LogP contribution is -2.27. The van der Waals surface area contributed by atoms with Crippen LogP contribution < -0.4 is 0 Å². The minimum absolute atomic E-state index is 0.0371. The fraction of sp³-hybridized carbons (Fsp3) is 0.364. The molecule has 0 atom stereocenters. The quantitative estimate of drug-likeness (QED) is 0.904. The molecule has 0 unspecified atom stereocenters. The van der Waals surface area contributed by atoms with Gasteiger partial charge in [0.1, 0.15) is 5.84 Å². The standard InChI is InChI=1S/C11H11F3N2S/c12-11(13,14)17-6-5-16-7-8-3-1-2-4-9(8)10(16)15/h1-4,15H,5-7H2. The van der Waals surface area contributed by atoms with Crippen LogP contribution in [-0.4, -0.2) is 28.5 Å². The van der Waals surface area contributed by atoms with Gasteiger partial charge in [-0.15, -0.1) is 0 Å².